The van der Waals surface area contributed by atoms with Crippen LogP contribution in [-0.2, 0) is 4.79 Å². The largest absolute Gasteiger partial charge is 0.318 e. The lowest BCUT2D eigenvalue weighted by Crippen LogP contribution is -2.45. The van der Waals surface area contributed by atoms with Crippen LogP contribution in [0, 0.1) is 20.8 Å². The number of amides is 1. The van der Waals surface area contributed by atoms with Crippen LogP contribution in [0.4, 0.5) is 5.13 Å². The molecule has 6 heteroatoms. The lowest BCUT2D eigenvalue weighted by Gasteiger charge is -2.16. The maximum absolute atomic E-state index is 11.9. The van der Waals surface area contributed by atoms with Crippen molar-refractivity contribution >= 4 is 34.8 Å². The molecule has 1 heterocycles. The Bertz CT molecular complexity index is 689. The first-order chi connectivity index (χ1) is 9.68. The fraction of sp³-hybridized carbons (Fsp3) is 0.375. The minimum absolute atomic E-state index is 0. The van der Waals surface area contributed by atoms with Crippen molar-refractivity contribution in [1.82, 2.24) is 4.98 Å². The van der Waals surface area contributed by atoms with E-state index in [2.05, 4.69) is 43.2 Å². The number of hydrogen-bond acceptors (Lipinski definition) is 4. The van der Waals surface area contributed by atoms with E-state index in [0.29, 0.717) is 5.13 Å². The number of halogens is 1. The monoisotopic (exact) mass is 339 g/mol. The van der Waals surface area contributed by atoms with Crippen molar-refractivity contribution in [2.24, 2.45) is 5.73 Å². The third-order valence-corrected chi connectivity index (χ3v) is 4.18. The number of carbonyl (C=O) groups is 1. The molecule has 0 fully saturated rings. The molecule has 2 rings (SSSR count). The molecular formula is C16H22ClN3OS. The zero-order chi connectivity index (χ0) is 15.8. The van der Waals surface area contributed by atoms with Crippen molar-refractivity contribution in [2.45, 2.75) is 40.2 Å². The van der Waals surface area contributed by atoms with Crippen molar-refractivity contribution in [3.05, 3.63) is 34.2 Å². The van der Waals surface area contributed by atoms with Gasteiger partial charge in [-0.05, 0) is 57.4 Å². The summed E-state index contributed by atoms with van der Waals surface area (Å²) in [5, 5.41) is 5.29. The Balaban J connectivity index is 0.00000242. The Morgan fingerprint density at radius 1 is 1.18 bits per heavy atom. The van der Waals surface area contributed by atoms with Gasteiger partial charge in [-0.1, -0.05) is 6.07 Å². The number of benzene rings is 1. The molecule has 0 saturated heterocycles. The Hall–Kier alpha value is -1.43. The van der Waals surface area contributed by atoms with Gasteiger partial charge in [0.2, 0.25) is 5.91 Å². The highest BCUT2D eigenvalue weighted by Gasteiger charge is 2.23. The topological polar surface area (TPSA) is 68.0 Å². The second-order valence-corrected chi connectivity index (χ2v) is 6.82. The number of carbonyl (C=O) groups excluding carboxylic acids is 1. The number of aromatic nitrogens is 1. The van der Waals surface area contributed by atoms with Gasteiger partial charge in [-0.3, -0.25) is 4.79 Å². The number of rotatable bonds is 3. The summed E-state index contributed by atoms with van der Waals surface area (Å²) in [5.74, 6) is -0.236. The van der Waals surface area contributed by atoms with Crippen molar-refractivity contribution in [3.8, 4) is 11.3 Å². The number of aryl methyl sites for hydroxylation is 3. The van der Waals surface area contributed by atoms with E-state index in [4.69, 9.17) is 5.73 Å². The normalized spacial score (nSPS) is 11.0. The van der Waals surface area contributed by atoms with Crippen LogP contribution in [0.1, 0.15) is 30.5 Å². The van der Waals surface area contributed by atoms with Gasteiger partial charge in [-0.2, -0.15) is 0 Å². The highest BCUT2D eigenvalue weighted by Crippen LogP contribution is 2.29. The van der Waals surface area contributed by atoms with Crippen molar-refractivity contribution in [2.75, 3.05) is 5.32 Å². The molecule has 0 spiro atoms. The van der Waals surface area contributed by atoms with Gasteiger partial charge in [0.15, 0.2) is 5.13 Å². The summed E-state index contributed by atoms with van der Waals surface area (Å²) in [4.78, 5) is 16.4. The van der Waals surface area contributed by atoms with Crippen LogP contribution in [0.2, 0.25) is 0 Å². The first-order valence-electron chi connectivity index (χ1n) is 6.82. The molecule has 0 bridgehead atoms. The standard InChI is InChI=1S/C16H21N3OS.ClH/c1-9-6-11(3)12(7-10(9)2)13-8-21-15(18-13)19-14(20)16(4,5)17;/h6-8H,17H2,1-5H3,(H,18,19,20);1H. The van der Waals surface area contributed by atoms with Gasteiger partial charge >= 0.3 is 0 Å². The highest BCUT2D eigenvalue weighted by atomic mass is 35.5. The number of thiazole rings is 1. The van der Waals surface area contributed by atoms with Crippen molar-refractivity contribution < 1.29 is 4.79 Å². The summed E-state index contributed by atoms with van der Waals surface area (Å²) in [5.41, 5.74) is 10.5. The Morgan fingerprint density at radius 3 is 2.36 bits per heavy atom. The summed E-state index contributed by atoms with van der Waals surface area (Å²) < 4.78 is 0. The Kier molecular flexibility index (Phi) is 5.73. The van der Waals surface area contributed by atoms with Gasteiger partial charge in [-0.25, -0.2) is 4.98 Å². The summed E-state index contributed by atoms with van der Waals surface area (Å²) in [6, 6.07) is 4.30. The molecule has 1 aromatic heterocycles. The van der Waals surface area contributed by atoms with E-state index in [-0.39, 0.29) is 18.3 Å². The van der Waals surface area contributed by atoms with E-state index in [9.17, 15) is 4.79 Å². The maximum atomic E-state index is 11.9. The minimum atomic E-state index is -0.914. The first kappa shape index (κ1) is 18.6. The number of nitrogens with two attached hydrogens (primary N) is 1. The van der Waals surface area contributed by atoms with Crippen LogP contribution in [0.5, 0.6) is 0 Å². The van der Waals surface area contributed by atoms with Crippen LogP contribution < -0.4 is 11.1 Å². The molecule has 0 aliphatic rings. The second-order valence-electron chi connectivity index (χ2n) is 5.97. The fourth-order valence-corrected chi connectivity index (χ4v) is 2.66. The maximum Gasteiger partial charge on any atom is 0.245 e. The van der Waals surface area contributed by atoms with Gasteiger partial charge in [0, 0.05) is 10.9 Å². The molecule has 0 saturated carbocycles. The summed E-state index contributed by atoms with van der Waals surface area (Å²) in [7, 11) is 0. The van der Waals surface area contributed by atoms with Crippen molar-refractivity contribution in [1.29, 1.82) is 0 Å². The summed E-state index contributed by atoms with van der Waals surface area (Å²) >= 11 is 1.41. The number of hydrogen-bond donors (Lipinski definition) is 2. The number of anilines is 1. The van der Waals surface area contributed by atoms with E-state index >= 15 is 0 Å². The zero-order valence-electron chi connectivity index (χ0n) is 13.5. The molecule has 0 unspecified atom stereocenters. The van der Waals surface area contributed by atoms with Crippen LogP contribution in [0.3, 0.4) is 0 Å². The molecule has 3 N–H and O–H groups in total. The van der Waals surface area contributed by atoms with E-state index in [1.807, 2.05) is 5.38 Å². The molecule has 1 amide bonds. The molecule has 4 nitrogen and oxygen atoms in total. The van der Waals surface area contributed by atoms with Gasteiger partial charge < -0.3 is 11.1 Å². The van der Waals surface area contributed by atoms with E-state index in [0.717, 1.165) is 11.3 Å². The van der Waals surface area contributed by atoms with E-state index in [1.54, 1.807) is 13.8 Å². The Morgan fingerprint density at radius 2 is 1.77 bits per heavy atom. The van der Waals surface area contributed by atoms with Crippen LogP contribution in [0.25, 0.3) is 11.3 Å². The van der Waals surface area contributed by atoms with Crippen LogP contribution >= 0.6 is 23.7 Å². The van der Waals surface area contributed by atoms with Gasteiger partial charge in [0.05, 0.1) is 11.2 Å². The Labute approximate surface area is 141 Å². The van der Waals surface area contributed by atoms with Gasteiger partial charge in [-0.15, -0.1) is 23.7 Å². The summed E-state index contributed by atoms with van der Waals surface area (Å²) in [6.07, 6.45) is 0. The quantitative estimate of drug-likeness (QED) is 0.892. The molecule has 0 radical (unpaired) electrons. The average molecular weight is 340 g/mol. The third-order valence-electron chi connectivity index (χ3n) is 3.43. The minimum Gasteiger partial charge on any atom is -0.318 e. The second kappa shape index (κ2) is 6.77. The van der Waals surface area contributed by atoms with E-state index < -0.39 is 5.54 Å². The lowest BCUT2D eigenvalue weighted by molar-refractivity contribution is -0.120. The van der Waals surface area contributed by atoms with Gasteiger partial charge in [0.25, 0.3) is 0 Å². The van der Waals surface area contributed by atoms with Gasteiger partial charge in [0.1, 0.15) is 0 Å². The predicted molar refractivity (Wildman–Crippen MR) is 95.9 cm³/mol. The molecule has 0 atom stereocenters. The number of nitrogens with zero attached hydrogens (tertiary/aromatic N) is 1. The smallest absolute Gasteiger partial charge is 0.245 e. The molecular weight excluding hydrogens is 318 g/mol. The first-order valence-corrected chi connectivity index (χ1v) is 7.70. The van der Waals surface area contributed by atoms with Crippen LogP contribution in [0.15, 0.2) is 17.5 Å². The third kappa shape index (κ3) is 4.06. The molecule has 22 heavy (non-hydrogen) atoms. The highest BCUT2D eigenvalue weighted by molar-refractivity contribution is 7.14. The molecule has 0 aliphatic heterocycles. The molecule has 1 aromatic carbocycles. The molecule has 120 valence electrons. The fourth-order valence-electron chi connectivity index (χ4n) is 1.95. The number of nitrogens with one attached hydrogen (secondary N) is 1. The average Bonchev–Trinajstić information content (AvgIpc) is 2.81. The van der Waals surface area contributed by atoms with Crippen molar-refractivity contribution in [3.63, 3.8) is 0 Å². The lowest BCUT2D eigenvalue weighted by atomic mass is 9.99. The van der Waals surface area contributed by atoms with Crippen LogP contribution in [-0.4, -0.2) is 16.4 Å². The molecule has 0 aliphatic carbocycles. The summed E-state index contributed by atoms with van der Waals surface area (Å²) in [6.45, 7) is 9.60. The van der Waals surface area contributed by atoms with E-state index in [1.165, 1.54) is 28.0 Å². The molecule has 2 aromatic rings. The predicted octanol–water partition coefficient (Wildman–Crippen LogP) is 3.83. The SMILES string of the molecule is Cc1cc(C)c(-c2csc(NC(=O)C(C)(C)N)n2)cc1C.Cl. The zero-order valence-corrected chi connectivity index (χ0v) is 15.1.